The molecule has 8 atom stereocenters. The number of fused-ring (bicyclic) bond motifs is 6. The van der Waals surface area contributed by atoms with Crippen LogP contribution in [0.25, 0.3) is 16.6 Å². The van der Waals surface area contributed by atoms with Crippen molar-refractivity contribution in [1.29, 1.82) is 0 Å². The van der Waals surface area contributed by atoms with E-state index in [2.05, 4.69) is 82.6 Å². The minimum absolute atomic E-state index is 0.0350. The molecule has 8 unspecified atom stereocenters. The Morgan fingerprint density at radius 3 is 2.51 bits per heavy atom. The van der Waals surface area contributed by atoms with Gasteiger partial charge in [0.1, 0.15) is 17.1 Å². The van der Waals surface area contributed by atoms with Gasteiger partial charge in [-0.05, 0) is 105 Å². The Labute approximate surface area is 344 Å². The number of aromatic nitrogens is 2. The average Bonchev–Trinajstić information content (AvgIpc) is 3.61. The maximum absolute atomic E-state index is 15.7. The van der Waals surface area contributed by atoms with Crippen molar-refractivity contribution in [2.45, 2.75) is 128 Å². The lowest BCUT2D eigenvalue weighted by Crippen LogP contribution is -2.79. The molecular weight excluding hydrogens is 747 g/mol. The number of carbonyl (C=O) groups is 3. The number of para-hydroxylation sites is 2. The van der Waals surface area contributed by atoms with Crippen LogP contribution in [0.1, 0.15) is 116 Å². The van der Waals surface area contributed by atoms with Crippen molar-refractivity contribution in [1.82, 2.24) is 9.55 Å². The second kappa shape index (κ2) is 12.7. The van der Waals surface area contributed by atoms with Crippen LogP contribution in [0, 0.1) is 17.8 Å². The van der Waals surface area contributed by atoms with Gasteiger partial charge in [0.15, 0.2) is 22.7 Å². The monoisotopic (exact) mass is 799 g/mol. The summed E-state index contributed by atoms with van der Waals surface area (Å²) >= 11 is 0. The first-order chi connectivity index (χ1) is 28.0. The van der Waals surface area contributed by atoms with Crippen LogP contribution in [-0.2, 0) is 30.3 Å². The average molecular weight is 800 g/mol. The van der Waals surface area contributed by atoms with E-state index >= 15 is 4.79 Å². The number of anilines is 1. The van der Waals surface area contributed by atoms with Crippen molar-refractivity contribution >= 4 is 40.3 Å². The highest BCUT2D eigenvalue weighted by Gasteiger charge is 2.86. The fraction of sp³-hybridized carbons (Fsp3) is 0.500. The molecule has 4 fully saturated rings. The summed E-state index contributed by atoms with van der Waals surface area (Å²) in [5, 5.41) is 3.90. The van der Waals surface area contributed by atoms with Gasteiger partial charge in [0, 0.05) is 35.3 Å². The number of allylic oxidation sites excluding steroid dienone is 4. The topological polar surface area (TPSA) is 127 Å². The lowest BCUT2D eigenvalue weighted by Gasteiger charge is -2.67. The Morgan fingerprint density at radius 2 is 1.76 bits per heavy atom. The zero-order valence-corrected chi connectivity index (χ0v) is 35.4. The van der Waals surface area contributed by atoms with E-state index in [0.29, 0.717) is 48.0 Å². The van der Waals surface area contributed by atoms with Crippen molar-refractivity contribution < 1.29 is 38.1 Å². The molecule has 0 amide bonds. The van der Waals surface area contributed by atoms with Crippen LogP contribution in [-0.4, -0.2) is 56.8 Å². The maximum atomic E-state index is 15.7. The SMILES string of the molecule is COC(=O)/C(C)=C\CC12OC(C)(C)C3CC(C1=O)C1C4C(Nc5nc6ccccc6n51)c1c(c(CC=C(C)C)c5c6c1OC(=O)CC6=CC(C)(CCC=C(C)C)O5)OC432. The quantitative estimate of drug-likeness (QED) is 0.102. The molecule has 2 aromatic carbocycles. The molecule has 1 spiro atoms. The molecule has 4 bridgehead atoms. The van der Waals surface area contributed by atoms with Gasteiger partial charge >= 0.3 is 11.9 Å². The molecule has 0 radical (unpaired) electrons. The molecule has 6 heterocycles. The number of ether oxygens (including phenoxy) is 5. The van der Waals surface area contributed by atoms with E-state index in [9.17, 15) is 9.59 Å². The number of nitrogens with zero attached hydrogens (tertiary/aromatic N) is 2. The molecule has 59 heavy (non-hydrogen) atoms. The summed E-state index contributed by atoms with van der Waals surface area (Å²) in [4.78, 5) is 47.5. The first-order valence-corrected chi connectivity index (χ1v) is 21.1. The number of rotatable bonds is 8. The summed E-state index contributed by atoms with van der Waals surface area (Å²) in [5.41, 5.74) is 3.57. The van der Waals surface area contributed by atoms with Crippen LogP contribution in [0.2, 0.25) is 0 Å². The molecule has 1 N–H and O–H groups in total. The number of carbonyl (C=O) groups excluding carboxylic acids is 3. The lowest BCUT2D eigenvalue weighted by molar-refractivity contribution is -0.223. The first kappa shape index (κ1) is 38.1. The van der Waals surface area contributed by atoms with Gasteiger partial charge in [-0.25, -0.2) is 9.78 Å². The van der Waals surface area contributed by atoms with Gasteiger partial charge in [-0.1, -0.05) is 41.5 Å². The van der Waals surface area contributed by atoms with E-state index in [-0.39, 0.29) is 42.5 Å². The predicted molar refractivity (Wildman–Crippen MR) is 222 cm³/mol. The predicted octanol–water partition coefficient (Wildman–Crippen LogP) is 8.87. The van der Waals surface area contributed by atoms with Gasteiger partial charge in [0.2, 0.25) is 5.95 Å². The highest BCUT2D eigenvalue weighted by molar-refractivity contribution is 5.99. The van der Waals surface area contributed by atoms with Crippen molar-refractivity contribution in [3.8, 4) is 17.2 Å². The van der Waals surface area contributed by atoms with Gasteiger partial charge < -0.3 is 33.6 Å². The van der Waals surface area contributed by atoms with E-state index in [1.165, 1.54) is 12.7 Å². The van der Waals surface area contributed by atoms with E-state index in [0.717, 1.165) is 45.3 Å². The summed E-state index contributed by atoms with van der Waals surface area (Å²) in [6, 6.07) is 7.17. The molecule has 11 nitrogen and oxygen atoms in total. The third-order valence-corrected chi connectivity index (χ3v) is 14.3. The number of methoxy groups -OCH3 is 1. The fourth-order valence-corrected chi connectivity index (χ4v) is 12.1. The lowest BCUT2D eigenvalue weighted by atomic mass is 9.44. The third kappa shape index (κ3) is 5.09. The highest BCUT2D eigenvalue weighted by atomic mass is 16.6. The second-order valence-corrected chi connectivity index (χ2v) is 19.0. The number of benzene rings is 2. The van der Waals surface area contributed by atoms with Crippen molar-refractivity contribution in [2.75, 3.05) is 12.4 Å². The fourth-order valence-electron chi connectivity index (χ4n) is 12.1. The summed E-state index contributed by atoms with van der Waals surface area (Å²) in [6.45, 7) is 16.3. The normalized spacial score (nSPS) is 32.3. The Hall–Kier alpha value is -5.16. The molecule has 11 rings (SSSR count). The number of esters is 2. The number of Topliss-reactive ketones (excluding diaryl/α,β-unsaturated/α-hetero) is 1. The number of nitrogens with one attached hydrogen (secondary N) is 1. The van der Waals surface area contributed by atoms with Gasteiger partial charge in [-0.15, -0.1) is 0 Å². The van der Waals surface area contributed by atoms with Crippen LogP contribution in [0.5, 0.6) is 17.2 Å². The largest absolute Gasteiger partial charge is 0.482 e. The minimum atomic E-state index is -1.46. The molecule has 5 aliphatic heterocycles. The number of ketones is 1. The van der Waals surface area contributed by atoms with E-state index in [4.69, 9.17) is 28.7 Å². The van der Waals surface area contributed by atoms with E-state index in [1.54, 1.807) is 13.0 Å². The highest BCUT2D eigenvalue weighted by Crippen LogP contribution is 2.76. The molecule has 1 aromatic heterocycles. The smallest absolute Gasteiger partial charge is 0.333 e. The van der Waals surface area contributed by atoms with Crippen LogP contribution >= 0.6 is 0 Å². The maximum Gasteiger partial charge on any atom is 0.333 e. The van der Waals surface area contributed by atoms with Crippen molar-refractivity contribution in [3.05, 3.63) is 82.0 Å². The van der Waals surface area contributed by atoms with Crippen molar-refractivity contribution in [3.63, 3.8) is 0 Å². The van der Waals surface area contributed by atoms with Gasteiger partial charge in [0.25, 0.3) is 0 Å². The Morgan fingerprint density at radius 1 is 1.00 bits per heavy atom. The standard InChI is InChI=1S/C48H53N3O8/c1-24(2)13-12-19-46(8)23-27-21-33(52)56-41-34(27)39(57-46)28(17-16-25(3)4)40-35(41)37-36-38(51-31-15-11-10-14-30(31)49-44(51)50-37)29-22-32-45(6,7)59-47(42(29)53,48(32,36)58-40)20-18-26(5)43(54)55-9/h10-11,13-16,18,23,29,32,36-38H,12,17,19-22H2,1-9H3,(H,49,50)/b26-18-. The van der Waals surface area contributed by atoms with Crippen LogP contribution < -0.4 is 19.5 Å². The number of hydrogen-bond donors (Lipinski definition) is 1. The number of imidazole rings is 1. The van der Waals surface area contributed by atoms with Crippen LogP contribution in [0.15, 0.2) is 65.3 Å². The molecule has 308 valence electrons. The summed E-state index contributed by atoms with van der Waals surface area (Å²) in [7, 11) is 1.36. The zero-order chi connectivity index (χ0) is 41.6. The summed E-state index contributed by atoms with van der Waals surface area (Å²) < 4.78 is 36.1. The van der Waals surface area contributed by atoms with E-state index in [1.807, 2.05) is 18.2 Å². The van der Waals surface area contributed by atoms with E-state index < -0.39 is 40.3 Å². The molecule has 3 saturated carbocycles. The zero-order valence-electron chi connectivity index (χ0n) is 35.4. The Kier molecular flexibility index (Phi) is 8.18. The van der Waals surface area contributed by atoms with Gasteiger partial charge in [0.05, 0.1) is 53.4 Å². The second-order valence-electron chi connectivity index (χ2n) is 19.0. The van der Waals surface area contributed by atoms with Gasteiger partial charge in [-0.2, -0.15) is 0 Å². The molecule has 3 aliphatic carbocycles. The molecule has 11 heteroatoms. The Bertz CT molecular complexity index is 2530. The third-order valence-electron chi connectivity index (χ3n) is 14.3. The Balaban J connectivity index is 1.29. The summed E-state index contributed by atoms with van der Waals surface area (Å²) in [5.74, 6) is 0.391. The molecule has 1 saturated heterocycles. The molecule has 3 aromatic rings. The molecule has 8 aliphatic rings. The van der Waals surface area contributed by atoms with Crippen LogP contribution in [0.3, 0.4) is 0 Å². The first-order valence-electron chi connectivity index (χ1n) is 21.1. The molecular formula is C48H53N3O8. The van der Waals surface area contributed by atoms with Gasteiger partial charge in [-0.3, -0.25) is 9.59 Å². The van der Waals surface area contributed by atoms with Crippen LogP contribution in [0.4, 0.5) is 5.95 Å². The minimum Gasteiger partial charge on any atom is -0.482 e. The number of hydrogen-bond acceptors (Lipinski definition) is 10. The van der Waals surface area contributed by atoms with Crippen molar-refractivity contribution in [2.24, 2.45) is 17.8 Å². The summed E-state index contributed by atoms with van der Waals surface area (Å²) in [6.07, 6.45) is 11.1.